The lowest BCUT2D eigenvalue weighted by Gasteiger charge is -2.23. The maximum absolute atomic E-state index is 12.2. The van der Waals surface area contributed by atoms with Crippen molar-refractivity contribution < 1.29 is 16.8 Å². The van der Waals surface area contributed by atoms with Gasteiger partial charge in [0.15, 0.2) is 0 Å². The smallest absolute Gasteiger partial charge is 0.238 e. The molecule has 20 heavy (non-hydrogen) atoms. The number of piperidine rings is 1. The van der Waals surface area contributed by atoms with E-state index in [1.54, 1.807) is 0 Å². The zero-order valence-electron chi connectivity index (χ0n) is 10.7. The summed E-state index contributed by atoms with van der Waals surface area (Å²) in [5, 5.41) is 7.53. The minimum Gasteiger partial charge on any atom is -0.315 e. The van der Waals surface area contributed by atoms with Gasteiger partial charge in [0, 0.05) is 12.2 Å². The lowest BCUT2D eigenvalue weighted by molar-refractivity contribution is 0.499. The topological polar surface area (TPSA) is 118 Å². The highest BCUT2D eigenvalue weighted by molar-refractivity contribution is 7.93. The first-order chi connectivity index (χ1) is 9.29. The number of benzene rings is 1. The summed E-state index contributed by atoms with van der Waals surface area (Å²) >= 11 is 0. The van der Waals surface area contributed by atoms with Gasteiger partial charge in [0.1, 0.15) is 0 Å². The van der Waals surface area contributed by atoms with Crippen LogP contribution in [0.25, 0.3) is 0 Å². The third-order valence-electron chi connectivity index (χ3n) is 3.11. The summed E-state index contributed by atoms with van der Waals surface area (Å²) in [6.07, 6.45) is 1.38. The molecule has 112 valence electrons. The van der Waals surface area contributed by atoms with Crippen LogP contribution in [0, 0.1) is 0 Å². The molecule has 1 unspecified atom stereocenters. The van der Waals surface area contributed by atoms with Gasteiger partial charge in [0.05, 0.1) is 10.1 Å². The number of nitrogens with one attached hydrogen (secondary N) is 2. The molecule has 0 spiro atoms. The second-order valence-electron chi connectivity index (χ2n) is 4.69. The number of nitrogens with two attached hydrogens (primary N) is 1. The van der Waals surface area contributed by atoms with Crippen molar-refractivity contribution >= 4 is 25.7 Å². The normalized spacial score (nSPS) is 20.6. The van der Waals surface area contributed by atoms with Crippen molar-refractivity contribution in [2.24, 2.45) is 5.14 Å². The summed E-state index contributed by atoms with van der Waals surface area (Å²) in [6.45, 7) is 1.21. The molecule has 1 fully saturated rings. The Morgan fingerprint density at radius 1 is 1.25 bits per heavy atom. The fraction of sp³-hybridized carbons (Fsp3) is 0.455. The van der Waals surface area contributed by atoms with Gasteiger partial charge in [0.25, 0.3) is 0 Å². The van der Waals surface area contributed by atoms with Gasteiger partial charge in [-0.3, -0.25) is 4.72 Å². The Hall–Kier alpha value is -1.16. The molecule has 1 atom stereocenters. The quantitative estimate of drug-likeness (QED) is 0.712. The van der Waals surface area contributed by atoms with E-state index in [1.165, 1.54) is 24.3 Å². The first kappa shape index (κ1) is 15.2. The molecule has 9 heteroatoms. The first-order valence-electron chi connectivity index (χ1n) is 6.14. The largest absolute Gasteiger partial charge is 0.315 e. The molecule has 7 nitrogen and oxygen atoms in total. The Bertz CT molecular complexity index is 679. The van der Waals surface area contributed by atoms with E-state index in [4.69, 9.17) is 5.14 Å². The maximum atomic E-state index is 12.2. The number of hydrogen-bond acceptors (Lipinski definition) is 5. The average Bonchev–Trinajstić information content (AvgIpc) is 2.38. The minimum absolute atomic E-state index is 0.125. The summed E-state index contributed by atoms with van der Waals surface area (Å²) < 4.78 is 49.3. The maximum Gasteiger partial charge on any atom is 0.238 e. The van der Waals surface area contributed by atoms with Crippen LogP contribution in [-0.2, 0) is 20.0 Å². The summed E-state index contributed by atoms with van der Waals surface area (Å²) in [7, 11) is -7.40. The number of anilines is 1. The molecular weight excluding hydrogens is 302 g/mol. The molecule has 4 N–H and O–H groups in total. The van der Waals surface area contributed by atoms with Crippen molar-refractivity contribution in [1.82, 2.24) is 5.32 Å². The van der Waals surface area contributed by atoms with Gasteiger partial charge in [-0.2, -0.15) is 0 Å². The van der Waals surface area contributed by atoms with Crippen molar-refractivity contribution in [3.63, 3.8) is 0 Å². The molecule has 1 aliphatic heterocycles. The van der Waals surface area contributed by atoms with Gasteiger partial charge in [-0.25, -0.2) is 22.0 Å². The monoisotopic (exact) mass is 319 g/mol. The summed E-state index contributed by atoms with van der Waals surface area (Å²) in [5.41, 5.74) is 0.196. The van der Waals surface area contributed by atoms with Crippen LogP contribution in [0.5, 0.6) is 0 Å². The van der Waals surface area contributed by atoms with Gasteiger partial charge in [0.2, 0.25) is 20.0 Å². The molecule has 1 saturated heterocycles. The van der Waals surface area contributed by atoms with E-state index in [-0.39, 0.29) is 10.6 Å². The van der Waals surface area contributed by atoms with E-state index in [0.29, 0.717) is 13.0 Å². The third-order valence-corrected chi connectivity index (χ3v) is 5.82. The Morgan fingerprint density at radius 2 is 2.00 bits per heavy atom. The molecule has 0 aliphatic carbocycles. The molecule has 0 saturated carbocycles. The number of hydrogen-bond donors (Lipinski definition) is 3. The molecule has 0 amide bonds. The van der Waals surface area contributed by atoms with Gasteiger partial charge < -0.3 is 5.32 Å². The highest BCUT2D eigenvalue weighted by Crippen LogP contribution is 2.19. The highest BCUT2D eigenvalue weighted by atomic mass is 32.2. The van der Waals surface area contributed by atoms with Gasteiger partial charge in [-0.05, 0) is 37.6 Å². The Labute approximate surface area is 118 Å². The molecular formula is C11H17N3O4S2. The average molecular weight is 319 g/mol. The zero-order chi connectivity index (χ0) is 14.8. The predicted octanol–water partition coefficient (Wildman–Crippen LogP) is -0.172. The third kappa shape index (κ3) is 3.69. The number of rotatable bonds is 4. The van der Waals surface area contributed by atoms with Gasteiger partial charge >= 0.3 is 0 Å². The Kier molecular flexibility index (Phi) is 4.33. The van der Waals surface area contributed by atoms with Crippen LogP contribution >= 0.6 is 0 Å². The van der Waals surface area contributed by atoms with Crippen LogP contribution in [0.4, 0.5) is 5.69 Å². The second-order valence-corrected chi connectivity index (χ2v) is 8.21. The summed E-state index contributed by atoms with van der Waals surface area (Å²) in [4.78, 5) is -0.125. The van der Waals surface area contributed by atoms with Gasteiger partial charge in [-0.1, -0.05) is 6.07 Å². The first-order valence-corrected chi connectivity index (χ1v) is 9.23. The highest BCUT2D eigenvalue weighted by Gasteiger charge is 2.27. The predicted molar refractivity (Wildman–Crippen MR) is 76.2 cm³/mol. The molecule has 0 aromatic heterocycles. The van der Waals surface area contributed by atoms with Crippen LogP contribution in [0.2, 0.25) is 0 Å². The summed E-state index contributed by atoms with van der Waals surface area (Å²) in [5.74, 6) is 0. The number of primary sulfonamides is 1. The Morgan fingerprint density at radius 3 is 2.60 bits per heavy atom. The van der Waals surface area contributed by atoms with Crippen LogP contribution in [0.3, 0.4) is 0 Å². The zero-order valence-corrected chi connectivity index (χ0v) is 12.4. The molecule has 2 rings (SSSR count). The van der Waals surface area contributed by atoms with Crippen molar-refractivity contribution in [3.05, 3.63) is 24.3 Å². The molecule has 1 aromatic carbocycles. The van der Waals surface area contributed by atoms with Crippen molar-refractivity contribution in [3.8, 4) is 0 Å². The van der Waals surface area contributed by atoms with E-state index >= 15 is 0 Å². The van der Waals surface area contributed by atoms with Crippen molar-refractivity contribution in [2.45, 2.75) is 23.0 Å². The SMILES string of the molecule is NS(=O)(=O)c1cccc(NS(=O)(=O)C2CCCNC2)c1. The van der Waals surface area contributed by atoms with Gasteiger partial charge in [-0.15, -0.1) is 0 Å². The molecule has 0 bridgehead atoms. The van der Waals surface area contributed by atoms with Crippen LogP contribution in [-0.4, -0.2) is 35.2 Å². The molecule has 1 heterocycles. The van der Waals surface area contributed by atoms with Crippen molar-refractivity contribution in [2.75, 3.05) is 17.8 Å². The van der Waals surface area contributed by atoms with E-state index in [0.717, 1.165) is 13.0 Å². The second kappa shape index (κ2) is 5.68. The lowest BCUT2D eigenvalue weighted by Crippen LogP contribution is -2.41. The Balaban J connectivity index is 2.21. The molecule has 0 radical (unpaired) electrons. The van der Waals surface area contributed by atoms with E-state index in [9.17, 15) is 16.8 Å². The fourth-order valence-corrected chi connectivity index (χ4v) is 4.06. The van der Waals surface area contributed by atoms with E-state index < -0.39 is 25.3 Å². The minimum atomic E-state index is -3.85. The van der Waals surface area contributed by atoms with Crippen LogP contribution in [0.1, 0.15) is 12.8 Å². The standard InChI is InChI=1S/C11H17N3O4S2/c12-19(15,16)10-4-1-3-9(7-10)14-20(17,18)11-5-2-6-13-8-11/h1,3-4,7,11,13-14H,2,5-6,8H2,(H2,12,15,16). The van der Waals surface area contributed by atoms with Crippen LogP contribution < -0.4 is 15.2 Å². The lowest BCUT2D eigenvalue weighted by atomic mass is 10.2. The van der Waals surface area contributed by atoms with Crippen molar-refractivity contribution in [1.29, 1.82) is 0 Å². The van der Waals surface area contributed by atoms with E-state index in [2.05, 4.69) is 10.0 Å². The van der Waals surface area contributed by atoms with Crippen LogP contribution in [0.15, 0.2) is 29.2 Å². The summed E-state index contributed by atoms with van der Waals surface area (Å²) in [6, 6.07) is 5.46. The molecule has 1 aromatic rings. The number of sulfonamides is 2. The van der Waals surface area contributed by atoms with E-state index in [1.807, 2.05) is 0 Å². The fourth-order valence-electron chi connectivity index (χ4n) is 2.07. The molecule has 1 aliphatic rings.